The molecule has 2 N–H and O–H groups in total. The number of halogens is 2. The third-order valence-corrected chi connectivity index (χ3v) is 4.03. The summed E-state index contributed by atoms with van der Waals surface area (Å²) in [4.78, 5) is 23.0. The number of ketones is 1. The Bertz CT molecular complexity index is 639. The summed E-state index contributed by atoms with van der Waals surface area (Å²) >= 11 is 0. The molecule has 0 saturated carbocycles. The molecule has 5 nitrogen and oxygen atoms in total. The molecule has 1 aromatic rings. The number of carbonyl (C=O) groups is 2. The number of ether oxygens (including phenoxy) is 2. The molecule has 2 atom stereocenters. The molecule has 1 aliphatic rings. The lowest BCUT2D eigenvalue weighted by Crippen LogP contribution is -2.58. The number of hydrogen-bond acceptors (Lipinski definition) is 4. The van der Waals surface area contributed by atoms with E-state index in [0.717, 1.165) is 18.2 Å². The van der Waals surface area contributed by atoms with Gasteiger partial charge in [-0.25, -0.2) is 13.6 Å². The number of hydrogen-bond donors (Lipinski definition) is 1. The zero-order valence-electron chi connectivity index (χ0n) is 13.2. The van der Waals surface area contributed by atoms with Gasteiger partial charge in [0, 0.05) is 12.0 Å². The largest absolute Gasteiger partial charge is 0.442 e. The van der Waals surface area contributed by atoms with Crippen LogP contribution < -0.4 is 5.73 Å². The Morgan fingerprint density at radius 3 is 2.61 bits per heavy atom. The van der Waals surface area contributed by atoms with Crippen molar-refractivity contribution >= 4 is 11.9 Å². The summed E-state index contributed by atoms with van der Waals surface area (Å²) < 4.78 is 38.9. The summed E-state index contributed by atoms with van der Waals surface area (Å²) in [5.74, 6) is -1.69. The van der Waals surface area contributed by atoms with Crippen LogP contribution in [-0.4, -0.2) is 24.6 Å². The van der Waals surface area contributed by atoms with Gasteiger partial charge in [0.2, 0.25) is 0 Å². The summed E-state index contributed by atoms with van der Waals surface area (Å²) in [5.41, 5.74) is 2.62. The molecule has 23 heavy (non-hydrogen) atoms. The fraction of sp³-hybridized carbons (Fsp3) is 0.500. The normalized spacial score (nSPS) is 25.3. The molecule has 1 saturated heterocycles. The van der Waals surface area contributed by atoms with E-state index in [1.807, 2.05) is 0 Å². The maximum Gasteiger partial charge on any atom is 0.404 e. The van der Waals surface area contributed by atoms with Gasteiger partial charge in [0.1, 0.15) is 29.9 Å². The van der Waals surface area contributed by atoms with Gasteiger partial charge in [-0.1, -0.05) is 20.8 Å². The fourth-order valence-corrected chi connectivity index (χ4v) is 3.10. The molecule has 1 aliphatic heterocycles. The average molecular weight is 327 g/mol. The van der Waals surface area contributed by atoms with E-state index in [1.165, 1.54) is 0 Å². The van der Waals surface area contributed by atoms with E-state index in [4.69, 9.17) is 15.2 Å². The predicted molar refractivity (Wildman–Crippen MR) is 77.5 cm³/mol. The van der Waals surface area contributed by atoms with Crippen molar-refractivity contribution in [3.63, 3.8) is 0 Å². The molecular weight excluding hydrogens is 308 g/mol. The molecule has 0 aliphatic carbocycles. The van der Waals surface area contributed by atoms with Gasteiger partial charge in [0.25, 0.3) is 0 Å². The first-order chi connectivity index (χ1) is 10.6. The number of nitrogens with two attached hydrogens (primary N) is 1. The van der Waals surface area contributed by atoms with Crippen molar-refractivity contribution in [3.05, 3.63) is 35.4 Å². The Balaban J connectivity index is 2.69. The van der Waals surface area contributed by atoms with Crippen LogP contribution in [0.5, 0.6) is 0 Å². The molecule has 1 aromatic carbocycles. The average Bonchev–Trinajstić information content (AvgIpc) is 2.40. The Morgan fingerprint density at radius 1 is 1.39 bits per heavy atom. The third-order valence-electron chi connectivity index (χ3n) is 4.03. The summed E-state index contributed by atoms with van der Waals surface area (Å²) in [6, 6.07) is 2.94. The Kier molecular flexibility index (Phi) is 4.43. The zero-order valence-corrected chi connectivity index (χ0v) is 13.2. The summed E-state index contributed by atoms with van der Waals surface area (Å²) in [5, 5.41) is 0. The quantitative estimate of drug-likeness (QED) is 0.906. The molecule has 2 rings (SSSR count). The maximum absolute atomic E-state index is 14.4. The van der Waals surface area contributed by atoms with Gasteiger partial charge in [-0.2, -0.15) is 0 Å². The van der Waals surface area contributed by atoms with Crippen LogP contribution in [0.1, 0.15) is 32.8 Å². The second-order valence-electron chi connectivity index (χ2n) is 6.57. The molecule has 7 heteroatoms. The Labute approximate surface area is 132 Å². The van der Waals surface area contributed by atoms with Crippen LogP contribution in [0.4, 0.5) is 13.6 Å². The molecule has 1 amide bonds. The molecular formula is C16H19F2NO4. The van der Waals surface area contributed by atoms with E-state index >= 15 is 0 Å². The van der Waals surface area contributed by atoms with Crippen molar-refractivity contribution < 1.29 is 27.8 Å². The Hall–Kier alpha value is -2.02. The van der Waals surface area contributed by atoms with Crippen LogP contribution in [-0.2, 0) is 19.9 Å². The summed E-state index contributed by atoms with van der Waals surface area (Å²) in [7, 11) is 0. The standard InChI is InChI=1S/C16H19F2NO4/c1-15(2,3)16(11-6-9(17)4-5-12(11)18)13(23-14(19)21)7-10(20)8-22-16/h4-6,13H,7-8H2,1-3H3,(H2,19,21)/t13-,16+/m0/s1. The van der Waals surface area contributed by atoms with Crippen LogP contribution in [0, 0.1) is 17.0 Å². The SMILES string of the molecule is CC(C)(C)[C@]1(c2cc(F)ccc2F)OCC(=O)C[C@@H]1OC(N)=O. The molecule has 0 radical (unpaired) electrons. The first-order valence-electron chi connectivity index (χ1n) is 7.15. The lowest BCUT2D eigenvalue weighted by Gasteiger charge is -2.50. The zero-order chi connectivity index (χ0) is 17.4. The van der Waals surface area contributed by atoms with Crippen molar-refractivity contribution in [1.82, 2.24) is 0 Å². The van der Waals surface area contributed by atoms with Crippen LogP contribution >= 0.6 is 0 Å². The van der Waals surface area contributed by atoms with E-state index < -0.39 is 34.8 Å². The van der Waals surface area contributed by atoms with Crippen molar-refractivity contribution in [2.75, 3.05) is 6.61 Å². The highest BCUT2D eigenvalue weighted by molar-refractivity contribution is 5.81. The monoisotopic (exact) mass is 327 g/mol. The van der Waals surface area contributed by atoms with Gasteiger partial charge in [-0.3, -0.25) is 4.79 Å². The van der Waals surface area contributed by atoms with E-state index in [0.29, 0.717) is 0 Å². The first kappa shape index (κ1) is 17.3. The number of carbonyl (C=O) groups excluding carboxylic acids is 2. The minimum Gasteiger partial charge on any atom is -0.442 e. The minimum atomic E-state index is -1.54. The highest BCUT2D eigenvalue weighted by Crippen LogP contribution is 2.50. The van der Waals surface area contributed by atoms with Gasteiger partial charge < -0.3 is 15.2 Å². The van der Waals surface area contributed by atoms with E-state index in [2.05, 4.69) is 0 Å². The Morgan fingerprint density at radius 2 is 2.04 bits per heavy atom. The van der Waals surface area contributed by atoms with Gasteiger partial charge in [0.05, 0.1) is 0 Å². The molecule has 0 spiro atoms. The molecule has 0 unspecified atom stereocenters. The number of Topliss-reactive ketones (excluding diaryl/α,β-unsaturated/α-hetero) is 1. The molecule has 126 valence electrons. The van der Waals surface area contributed by atoms with Crippen LogP contribution in [0.25, 0.3) is 0 Å². The van der Waals surface area contributed by atoms with Gasteiger partial charge >= 0.3 is 6.09 Å². The lowest BCUT2D eigenvalue weighted by atomic mass is 9.66. The molecule has 1 fully saturated rings. The van der Waals surface area contributed by atoms with Crippen molar-refractivity contribution in [2.45, 2.75) is 38.9 Å². The van der Waals surface area contributed by atoms with Crippen molar-refractivity contribution in [2.24, 2.45) is 11.1 Å². The van der Waals surface area contributed by atoms with Crippen LogP contribution in [0.15, 0.2) is 18.2 Å². The number of amides is 1. The topological polar surface area (TPSA) is 78.6 Å². The van der Waals surface area contributed by atoms with E-state index in [1.54, 1.807) is 20.8 Å². The molecule has 1 heterocycles. The van der Waals surface area contributed by atoms with Crippen LogP contribution in [0.3, 0.4) is 0 Å². The number of benzene rings is 1. The van der Waals surface area contributed by atoms with Crippen molar-refractivity contribution in [3.8, 4) is 0 Å². The fourth-order valence-electron chi connectivity index (χ4n) is 3.10. The third kappa shape index (κ3) is 3.06. The second-order valence-corrected chi connectivity index (χ2v) is 6.57. The minimum absolute atomic E-state index is 0.108. The van der Waals surface area contributed by atoms with E-state index in [9.17, 15) is 18.4 Å². The van der Waals surface area contributed by atoms with Crippen molar-refractivity contribution in [1.29, 1.82) is 0 Å². The van der Waals surface area contributed by atoms with E-state index in [-0.39, 0.29) is 24.4 Å². The number of primary amides is 1. The maximum atomic E-state index is 14.4. The first-order valence-corrected chi connectivity index (χ1v) is 7.15. The van der Waals surface area contributed by atoms with Crippen LogP contribution in [0.2, 0.25) is 0 Å². The predicted octanol–water partition coefficient (Wildman–Crippen LogP) is 2.66. The summed E-state index contributed by atoms with van der Waals surface area (Å²) in [6.07, 6.45) is -2.45. The number of rotatable bonds is 2. The van der Waals surface area contributed by atoms with Gasteiger partial charge in [0.15, 0.2) is 5.78 Å². The van der Waals surface area contributed by atoms with Gasteiger partial charge in [-0.15, -0.1) is 0 Å². The lowest BCUT2D eigenvalue weighted by molar-refractivity contribution is -0.211. The summed E-state index contributed by atoms with van der Waals surface area (Å²) in [6.45, 7) is 4.89. The highest BCUT2D eigenvalue weighted by Gasteiger charge is 2.57. The molecule has 0 aromatic heterocycles. The smallest absolute Gasteiger partial charge is 0.404 e. The highest BCUT2D eigenvalue weighted by atomic mass is 19.1. The molecule has 0 bridgehead atoms. The van der Waals surface area contributed by atoms with Gasteiger partial charge in [-0.05, 0) is 23.6 Å². The second kappa shape index (κ2) is 5.88.